The number of ether oxygens (including phenoxy) is 3. The van der Waals surface area contributed by atoms with Gasteiger partial charge in [-0.1, -0.05) is 15.9 Å². The van der Waals surface area contributed by atoms with Crippen LogP contribution in [-0.2, 0) is 4.74 Å². The molecule has 0 radical (unpaired) electrons. The molecule has 0 bridgehead atoms. The smallest absolute Gasteiger partial charge is 0.251 e. The number of hydrogen-bond donors (Lipinski definition) is 1. The van der Waals surface area contributed by atoms with Gasteiger partial charge in [0.1, 0.15) is 0 Å². The summed E-state index contributed by atoms with van der Waals surface area (Å²) in [4.78, 5) is 12.2. The van der Waals surface area contributed by atoms with E-state index in [4.69, 9.17) is 14.2 Å². The van der Waals surface area contributed by atoms with Crippen LogP contribution in [-0.4, -0.2) is 45.2 Å². The zero-order valence-corrected chi connectivity index (χ0v) is 13.5. The number of amides is 1. The van der Waals surface area contributed by atoms with Gasteiger partial charge in [0.05, 0.1) is 20.8 Å². The second kappa shape index (κ2) is 8.81. The van der Waals surface area contributed by atoms with Crippen molar-refractivity contribution in [2.75, 3.05) is 34.5 Å². The van der Waals surface area contributed by atoms with Gasteiger partial charge in [-0.25, -0.2) is 0 Å². The Morgan fingerprint density at radius 2 is 1.95 bits per heavy atom. The molecule has 0 aliphatic heterocycles. The fraction of sp³-hybridized carbons (Fsp3) is 0.500. The molecule has 0 heterocycles. The number of carbonyl (C=O) groups is 1. The minimum absolute atomic E-state index is 0.136. The lowest BCUT2D eigenvalue weighted by Gasteiger charge is -2.11. The van der Waals surface area contributed by atoms with Crippen LogP contribution in [0.1, 0.15) is 16.8 Å². The molecule has 20 heavy (non-hydrogen) atoms. The molecule has 1 aromatic carbocycles. The van der Waals surface area contributed by atoms with E-state index < -0.39 is 0 Å². The number of carbonyl (C=O) groups excluding carboxylic acids is 1. The highest BCUT2D eigenvalue weighted by Gasteiger charge is 2.11. The fourth-order valence-electron chi connectivity index (χ4n) is 1.69. The molecular formula is C14H20BrNO4. The molecular weight excluding hydrogens is 326 g/mol. The van der Waals surface area contributed by atoms with Crippen LogP contribution >= 0.6 is 15.9 Å². The maximum Gasteiger partial charge on any atom is 0.251 e. The van der Waals surface area contributed by atoms with Crippen molar-refractivity contribution < 1.29 is 19.0 Å². The molecule has 112 valence electrons. The lowest BCUT2D eigenvalue weighted by atomic mass is 10.2. The third-order valence-corrected chi connectivity index (χ3v) is 3.46. The number of halogens is 1. The zero-order valence-electron chi connectivity index (χ0n) is 11.9. The number of rotatable bonds is 8. The lowest BCUT2D eigenvalue weighted by Crippen LogP contribution is -2.26. The molecule has 1 amide bonds. The third kappa shape index (κ3) is 5.02. The normalized spacial score (nSPS) is 11.8. The Morgan fingerprint density at radius 3 is 2.55 bits per heavy atom. The number of methoxy groups -OCH3 is 3. The maximum atomic E-state index is 12.0. The van der Waals surface area contributed by atoms with Crippen LogP contribution in [0.2, 0.25) is 0 Å². The Labute approximate surface area is 127 Å². The van der Waals surface area contributed by atoms with Gasteiger partial charge in [-0.05, 0) is 24.6 Å². The molecule has 0 aromatic heterocycles. The van der Waals surface area contributed by atoms with Crippen molar-refractivity contribution in [1.29, 1.82) is 0 Å². The van der Waals surface area contributed by atoms with Crippen LogP contribution in [0, 0.1) is 0 Å². The Balaban J connectivity index is 2.55. The van der Waals surface area contributed by atoms with Crippen LogP contribution in [0.5, 0.6) is 11.5 Å². The zero-order chi connectivity index (χ0) is 15.0. The molecule has 1 rings (SSSR count). The number of hydrogen-bond acceptors (Lipinski definition) is 4. The van der Waals surface area contributed by atoms with Gasteiger partial charge in [-0.15, -0.1) is 0 Å². The van der Waals surface area contributed by atoms with Crippen molar-refractivity contribution in [3.63, 3.8) is 0 Å². The summed E-state index contributed by atoms with van der Waals surface area (Å²) in [5.74, 6) is 1.01. The second-order valence-corrected chi connectivity index (χ2v) is 5.46. The average molecular weight is 346 g/mol. The molecule has 6 heteroatoms. The Kier molecular flexibility index (Phi) is 7.40. The van der Waals surface area contributed by atoms with E-state index in [9.17, 15) is 4.79 Å². The van der Waals surface area contributed by atoms with Crippen molar-refractivity contribution in [3.05, 3.63) is 23.8 Å². The summed E-state index contributed by atoms with van der Waals surface area (Å²) in [6.07, 6.45) is 0.798. The molecule has 1 aromatic rings. The van der Waals surface area contributed by atoms with Crippen LogP contribution in [0.15, 0.2) is 18.2 Å². The molecule has 1 N–H and O–H groups in total. The number of nitrogens with one attached hydrogen (secondary N) is 1. The Bertz CT molecular complexity index is 439. The van der Waals surface area contributed by atoms with Gasteiger partial charge in [0, 0.05) is 24.0 Å². The first kappa shape index (κ1) is 16.8. The van der Waals surface area contributed by atoms with E-state index in [0.717, 1.165) is 6.42 Å². The molecule has 0 aliphatic rings. The Morgan fingerprint density at radius 1 is 1.25 bits per heavy atom. The Hall–Kier alpha value is -1.27. The van der Waals surface area contributed by atoms with Gasteiger partial charge in [-0.2, -0.15) is 0 Å². The minimum Gasteiger partial charge on any atom is -0.493 e. The van der Waals surface area contributed by atoms with Crippen molar-refractivity contribution >= 4 is 21.8 Å². The van der Waals surface area contributed by atoms with Crippen molar-refractivity contribution in [3.8, 4) is 11.5 Å². The average Bonchev–Trinajstić information content (AvgIpc) is 2.46. The summed E-state index contributed by atoms with van der Waals surface area (Å²) >= 11 is 3.47. The standard InChI is InChI=1S/C14H20BrNO4/c1-18-9-11(15)6-7-16-14(17)10-4-5-12(19-2)13(8-10)20-3/h4-5,8,11H,6-7,9H2,1-3H3,(H,16,17). The SMILES string of the molecule is COCC(Br)CCNC(=O)c1ccc(OC)c(OC)c1. The fourth-order valence-corrected chi connectivity index (χ4v) is 2.18. The topological polar surface area (TPSA) is 56.8 Å². The summed E-state index contributed by atoms with van der Waals surface area (Å²) in [6, 6.07) is 5.08. The van der Waals surface area contributed by atoms with E-state index in [1.165, 1.54) is 0 Å². The van der Waals surface area contributed by atoms with Crippen LogP contribution in [0.25, 0.3) is 0 Å². The van der Waals surface area contributed by atoms with E-state index in [-0.39, 0.29) is 10.7 Å². The van der Waals surface area contributed by atoms with Gasteiger partial charge in [-0.3, -0.25) is 4.79 Å². The minimum atomic E-state index is -0.136. The van der Waals surface area contributed by atoms with Crippen molar-refractivity contribution in [2.45, 2.75) is 11.2 Å². The maximum absolute atomic E-state index is 12.0. The molecule has 5 nitrogen and oxygen atoms in total. The van der Waals surface area contributed by atoms with Gasteiger partial charge < -0.3 is 19.5 Å². The van der Waals surface area contributed by atoms with E-state index in [2.05, 4.69) is 21.2 Å². The predicted octanol–water partition coefficient (Wildman–Crippen LogP) is 2.23. The molecule has 0 aliphatic carbocycles. The number of alkyl halides is 1. The van der Waals surface area contributed by atoms with Gasteiger partial charge in [0.15, 0.2) is 11.5 Å². The van der Waals surface area contributed by atoms with E-state index >= 15 is 0 Å². The van der Waals surface area contributed by atoms with Crippen LogP contribution < -0.4 is 14.8 Å². The first-order valence-corrected chi connectivity index (χ1v) is 7.17. The van der Waals surface area contributed by atoms with Crippen molar-refractivity contribution in [2.24, 2.45) is 0 Å². The third-order valence-electron chi connectivity index (χ3n) is 2.74. The first-order chi connectivity index (χ1) is 9.62. The first-order valence-electron chi connectivity index (χ1n) is 6.25. The largest absolute Gasteiger partial charge is 0.493 e. The molecule has 0 fully saturated rings. The molecule has 0 spiro atoms. The molecule has 1 unspecified atom stereocenters. The van der Waals surface area contributed by atoms with E-state index in [1.54, 1.807) is 39.5 Å². The van der Waals surface area contributed by atoms with Crippen LogP contribution in [0.3, 0.4) is 0 Å². The second-order valence-electron chi connectivity index (χ2n) is 4.17. The highest BCUT2D eigenvalue weighted by atomic mass is 79.9. The summed E-state index contributed by atoms with van der Waals surface area (Å²) in [7, 11) is 4.75. The van der Waals surface area contributed by atoms with Crippen molar-refractivity contribution in [1.82, 2.24) is 5.32 Å². The lowest BCUT2D eigenvalue weighted by molar-refractivity contribution is 0.0951. The summed E-state index contributed by atoms with van der Waals surface area (Å²) < 4.78 is 15.3. The van der Waals surface area contributed by atoms with Gasteiger partial charge >= 0.3 is 0 Å². The van der Waals surface area contributed by atoms with Gasteiger partial charge in [0.2, 0.25) is 0 Å². The highest BCUT2D eigenvalue weighted by Crippen LogP contribution is 2.27. The summed E-state index contributed by atoms with van der Waals surface area (Å²) in [5.41, 5.74) is 0.542. The molecule has 1 atom stereocenters. The monoisotopic (exact) mass is 345 g/mol. The van der Waals surface area contributed by atoms with Crippen LogP contribution in [0.4, 0.5) is 0 Å². The summed E-state index contributed by atoms with van der Waals surface area (Å²) in [5, 5.41) is 2.86. The van der Waals surface area contributed by atoms with E-state index in [0.29, 0.717) is 30.2 Å². The van der Waals surface area contributed by atoms with E-state index in [1.807, 2.05) is 0 Å². The quantitative estimate of drug-likeness (QED) is 0.734. The predicted molar refractivity (Wildman–Crippen MR) is 81.1 cm³/mol. The molecule has 0 saturated heterocycles. The van der Waals surface area contributed by atoms with Gasteiger partial charge in [0.25, 0.3) is 5.91 Å². The summed E-state index contributed by atoms with van der Waals surface area (Å²) in [6.45, 7) is 1.19. The molecule has 0 saturated carbocycles. The highest BCUT2D eigenvalue weighted by molar-refractivity contribution is 9.09. The number of benzene rings is 1.